The molecular formula is C19H25FO4. The number of benzene rings is 1. The number of hydrogen-bond acceptors (Lipinski definition) is 3. The van der Waals surface area contributed by atoms with Crippen LogP contribution in [-0.4, -0.2) is 23.5 Å². The summed E-state index contributed by atoms with van der Waals surface area (Å²) < 4.78 is 26.1. The van der Waals surface area contributed by atoms with E-state index in [1.54, 1.807) is 0 Å². The van der Waals surface area contributed by atoms with Crippen LogP contribution in [0.25, 0.3) is 0 Å². The summed E-state index contributed by atoms with van der Waals surface area (Å²) in [5, 5.41) is 9.09. The van der Waals surface area contributed by atoms with Crippen LogP contribution >= 0.6 is 0 Å². The molecule has 24 heavy (non-hydrogen) atoms. The standard InChI is InChI=1S/C19H25FO4/c1-19(2,3)18(23-15-9-11-4-5-12(15)8-11)24-16-10-13(17(21)22)6-7-14(16)20/h6-7,10-12,15,18H,4-5,8-9H2,1-3H3,(H,21,22). The van der Waals surface area contributed by atoms with Crippen molar-refractivity contribution in [2.24, 2.45) is 17.3 Å². The van der Waals surface area contributed by atoms with E-state index in [0.29, 0.717) is 5.92 Å². The smallest absolute Gasteiger partial charge is 0.335 e. The highest BCUT2D eigenvalue weighted by Crippen LogP contribution is 2.47. The predicted molar refractivity (Wildman–Crippen MR) is 87.6 cm³/mol. The van der Waals surface area contributed by atoms with E-state index in [-0.39, 0.29) is 22.8 Å². The molecule has 0 aromatic heterocycles. The second-order valence-electron chi connectivity index (χ2n) is 8.12. The molecule has 2 aliphatic rings. The maximum absolute atomic E-state index is 14.1. The lowest BCUT2D eigenvalue weighted by Crippen LogP contribution is -2.39. The molecule has 4 unspecified atom stereocenters. The fourth-order valence-corrected chi connectivity index (χ4v) is 3.76. The first-order chi connectivity index (χ1) is 11.2. The van der Waals surface area contributed by atoms with E-state index < -0.39 is 18.1 Å². The lowest BCUT2D eigenvalue weighted by molar-refractivity contribution is -0.182. The van der Waals surface area contributed by atoms with Gasteiger partial charge in [0.25, 0.3) is 0 Å². The Morgan fingerprint density at radius 1 is 1.29 bits per heavy atom. The maximum Gasteiger partial charge on any atom is 0.335 e. The van der Waals surface area contributed by atoms with Gasteiger partial charge in [0.2, 0.25) is 6.29 Å². The molecule has 2 saturated carbocycles. The molecule has 4 atom stereocenters. The van der Waals surface area contributed by atoms with Gasteiger partial charge in [0.05, 0.1) is 11.7 Å². The lowest BCUT2D eigenvalue weighted by atomic mass is 9.94. The fraction of sp³-hybridized carbons (Fsp3) is 0.632. The molecule has 5 heteroatoms. The Labute approximate surface area is 142 Å². The third-order valence-electron chi connectivity index (χ3n) is 5.09. The molecule has 2 fully saturated rings. The average molecular weight is 336 g/mol. The summed E-state index contributed by atoms with van der Waals surface area (Å²) >= 11 is 0. The average Bonchev–Trinajstić information content (AvgIpc) is 3.10. The number of fused-ring (bicyclic) bond motifs is 2. The highest BCUT2D eigenvalue weighted by atomic mass is 19.1. The van der Waals surface area contributed by atoms with Crippen LogP contribution in [0.2, 0.25) is 0 Å². The molecule has 0 saturated heterocycles. The minimum Gasteiger partial charge on any atom is -0.478 e. The fourth-order valence-electron chi connectivity index (χ4n) is 3.76. The zero-order valence-corrected chi connectivity index (χ0v) is 14.4. The van der Waals surface area contributed by atoms with Crippen molar-refractivity contribution in [1.29, 1.82) is 0 Å². The summed E-state index contributed by atoms with van der Waals surface area (Å²) in [5.41, 5.74) is -0.355. The second-order valence-corrected chi connectivity index (χ2v) is 8.12. The molecule has 2 aliphatic carbocycles. The van der Waals surface area contributed by atoms with E-state index in [0.717, 1.165) is 18.4 Å². The van der Waals surface area contributed by atoms with Crippen molar-refractivity contribution in [1.82, 2.24) is 0 Å². The van der Waals surface area contributed by atoms with Crippen LogP contribution in [0, 0.1) is 23.1 Å². The topological polar surface area (TPSA) is 55.8 Å². The van der Waals surface area contributed by atoms with Gasteiger partial charge in [0, 0.05) is 5.41 Å². The van der Waals surface area contributed by atoms with Gasteiger partial charge in [-0.2, -0.15) is 0 Å². The van der Waals surface area contributed by atoms with Crippen LogP contribution in [0.4, 0.5) is 4.39 Å². The summed E-state index contributed by atoms with van der Waals surface area (Å²) in [6, 6.07) is 3.57. The number of halogens is 1. The summed E-state index contributed by atoms with van der Waals surface area (Å²) in [6.07, 6.45) is 4.25. The number of ether oxygens (including phenoxy) is 2. The highest BCUT2D eigenvalue weighted by Gasteiger charge is 2.43. The minimum absolute atomic E-state index is 0.000942. The number of carboxylic acids is 1. The summed E-state index contributed by atoms with van der Waals surface area (Å²) in [7, 11) is 0. The Bertz CT molecular complexity index is 622. The molecule has 1 aromatic rings. The Hall–Kier alpha value is -1.62. The van der Waals surface area contributed by atoms with Gasteiger partial charge in [-0.1, -0.05) is 20.8 Å². The molecule has 4 nitrogen and oxygen atoms in total. The van der Waals surface area contributed by atoms with Crippen LogP contribution in [0.15, 0.2) is 18.2 Å². The van der Waals surface area contributed by atoms with E-state index in [9.17, 15) is 9.18 Å². The highest BCUT2D eigenvalue weighted by molar-refractivity contribution is 5.88. The van der Waals surface area contributed by atoms with E-state index >= 15 is 0 Å². The van der Waals surface area contributed by atoms with E-state index in [2.05, 4.69) is 0 Å². The first kappa shape index (κ1) is 17.2. The molecular weight excluding hydrogens is 311 g/mol. The number of aromatic carboxylic acids is 1. The zero-order chi connectivity index (χ0) is 17.5. The largest absolute Gasteiger partial charge is 0.478 e. The molecule has 1 N–H and O–H groups in total. The number of rotatable bonds is 5. The molecule has 0 aliphatic heterocycles. The van der Waals surface area contributed by atoms with Crippen molar-refractivity contribution < 1.29 is 23.8 Å². The third-order valence-corrected chi connectivity index (χ3v) is 5.09. The van der Waals surface area contributed by atoms with E-state index in [4.69, 9.17) is 14.6 Å². The van der Waals surface area contributed by atoms with Crippen molar-refractivity contribution in [3.05, 3.63) is 29.6 Å². The van der Waals surface area contributed by atoms with Gasteiger partial charge in [-0.25, -0.2) is 9.18 Å². The molecule has 1 aromatic carbocycles. The molecule has 0 radical (unpaired) electrons. The van der Waals surface area contributed by atoms with Crippen molar-refractivity contribution >= 4 is 5.97 Å². The summed E-state index contributed by atoms with van der Waals surface area (Å²) in [4.78, 5) is 11.1. The normalized spacial score (nSPS) is 27.2. The van der Waals surface area contributed by atoms with E-state index in [1.807, 2.05) is 20.8 Å². The van der Waals surface area contributed by atoms with Gasteiger partial charge in [-0.05, 0) is 55.7 Å². The Morgan fingerprint density at radius 3 is 2.58 bits per heavy atom. The van der Waals surface area contributed by atoms with Crippen LogP contribution in [0.5, 0.6) is 5.75 Å². The number of carbonyl (C=O) groups is 1. The quantitative estimate of drug-likeness (QED) is 0.806. The van der Waals surface area contributed by atoms with Crippen LogP contribution in [-0.2, 0) is 4.74 Å². The maximum atomic E-state index is 14.1. The Morgan fingerprint density at radius 2 is 2.04 bits per heavy atom. The SMILES string of the molecule is CC(C)(C)C(Oc1cc(C(=O)O)ccc1F)OC1CC2CCC1C2. The van der Waals surface area contributed by atoms with Crippen molar-refractivity contribution in [3.63, 3.8) is 0 Å². The van der Waals surface area contributed by atoms with Gasteiger partial charge in [0.1, 0.15) is 0 Å². The molecule has 0 heterocycles. The molecule has 132 valence electrons. The van der Waals surface area contributed by atoms with Crippen molar-refractivity contribution in [2.75, 3.05) is 0 Å². The summed E-state index contributed by atoms with van der Waals surface area (Å²) in [6.45, 7) is 5.93. The monoisotopic (exact) mass is 336 g/mol. The molecule has 2 bridgehead atoms. The first-order valence-electron chi connectivity index (χ1n) is 8.59. The van der Waals surface area contributed by atoms with Gasteiger partial charge < -0.3 is 14.6 Å². The Kier molecular flexibility index (Phi) is 4.56. The Balaban J connectivity index is 1.77. The zero-order valence-electron chi connectivity index (χ0n) is 14.4. The molecule has 0 spiro atoms. The minimum atomic E-state index is -1.11. The van der Waals surface area contributed by atoms with Gasteiger partial charge in [-0.15, -0.1) is 0 Å². The first-order valence-corrected chi connectivity index (χ1v) is 8.59. The second kappa shape index (κ2) is 6.36. The van der Waals surface area contributed by atoms with Crippen LogP contribution in [0.1, 0.15) is 56.8 Å². The van der Waals surface area contributed by atoms with E-state index in [1.165, 1.54) is 31.4 Å². The van der Waals surface area contributed by atoms with Crippen molar-refractivity contribution in [3.8, 4) is 5.75 Å². The van der Waals surface area contributed by atoms with Gasteiger partial charge in [-0.3, -0.25) is 0 Å². The lowest BCUT2D eigenvalue weighted by Gasteiger charge is -2.35. The van der Waals surface area contributed by atoms with Gasteiger partial charge >= 0.3 is 5.97 Å². The molecule has 0 amide bonds. The third kappa shape index (κ3) is 3.56. The number of hydrogen-bond donors (Lipinski definition) is 1. The van der Waals surface area contributed by atoms with Crippen LogP contribution < -0.4 is 4.74 Å². The number of carboxylic acid groups (broad SMARTS) is 1. The van der Waals surface area contributed by atoms with Crippen molar-refractivity contribution in [2.45, 2.75) is 58.8 Å². The molecule has 3 rings (SSSR count). The van der Waals surface area contributed by atoms with Crippen LogP contribution in [0.3, 0.4) is 0 Å². The predicted octanol–water partition coefficient (Wildman–Crippen LogP) is 4.48. The van der Waals surface area contributed by atoms with Gasteiger partial charge in [0.15, 0.2) is 11.6 Å². The summed E-state index contributed by atoms with van der Waals surface area (Å²) in [5.74, 6) is -0.448.